The Morgan fingerprint density at radius 1 is 1.21 bits per heavy atom. The van der Waals surface area contributed by atoms with Crippen LogP contribution in [0, 0.1) is 23.4 Å². The summed E-state index contributed by atoms with van der Waals surface area (Å²) >= 11 is 0. The fourth-order valence-electron chi connectivity index (χ4n) is 2.02. The fraction of sp³-hybridized carbons (Fsp3) is 0.353. The van der Waals surface area contributed by atoms with Crippen molar-refractivity contribution >= 4 is 5.69 Å². The van der Waals surface area contributed by atoms with E-state index in [-0.39, 0.29) is 18.0 Å². The minimum absolute atomic E-state index is 0.0345. The molecule has 0 unspecified atom stereocenters. The van der Waals surface area contributed by atoms with E-state index in [1.165, 1.54) is 18.3 Å². The van der Waals surface area contributed by atoms with Crippen LogP contribution in [0.2, 0.25) is 0 Å². The van der Waals surface area contributed by atoms with Crippen molar-refractivity contribution in [1.82, 2.24) is 10.3 Å². The van der Waals surface area contributed by atoms with Gasteiger partial charge < -0.3 is 15.8 Å². The second kappa shape index (κ2) is 8.01. The number of aromatic nitrogens is 1. The van der Waals surface area contributed by atoms with Crippen LogP contribution in [0.5, 0.6) is 11.6 Å². The smallest absolute Gasteiger partial charge is 0.219 e. The van der Waals surface area contributed by atoms with E-state index in [4.69, 9.17) is 10.5 Å². The number of benzene rings is 1. The zero-order valence-corrected chi connectivity index (χ0v) is 13.6. The summed E-state index contributed by atoms with van der Waals surface area (Å²) in [5.41, 5.74) is 5.75. The van der Waals surface area contributed by atoms with Crippen LogP contribution in [0.4, 0.5) is 18.9 Å². The molecule has 0 spiro atoms. The van der Waals surface area contributed by atoms with Crippen LogP contribution in [0.3, 0.4) is 0 Å². The molecule has 3 N–H and O–H groups in total. The predicted molar refractivity (Wildman–Crippen MR) is 86.2 cm³/mol. The standard InChI is InChI=1S/C17H20F3N3O/c1-10(2)5-6-22-8-11-7-13(18)17(16(20)15(11)19)24-14-4-3-12(21)9-23-14/h3-4,7,9-10,22H,5-6,8,21H2,1-2H3. The molecule has 24 heavy (non-hydrogen) atoms. The summed E-state index contributed by atoms with van der Waals surface area (Å²) in [5.74, 6) is -3.93. The number of pyridine rings is 1. The van der Waals surface area contributed by atoms with Gasteiger partial charge in [-0.15, -0.1) is 0 Å². The average molecular weight is 339 g/mol. The van der Waals surface area contributed by atoms with E-state index >= 15 is 0 Å². The highest BCUT2D eigenvalue weighted by atomic mass is 19.2. The Morgan fingerprint density at radius 3 is 2.58 bits per heavy atom. The molecular weight excluding hydrogens is 319 g/mol. The lowest BCUT2D eigenvalue weighted by Crippen LogP contribution is -2.18. The van der Waals surface area contributed by atoms with Crippen molar-refractivity contribution in [3.05, 3.63) is 47.4 Å². The van der Waals surface area contributed by atoms with Crippen LogP contribution in [-0.2, 0) is 6.54 Å². The van der Waals surface area contributed by atoms with Crippen LogP contribution < -0.4 is 15.8 Å². The first-order valence-corrected chi connectivity index (χ1v) is 7.65. The number of nitrogen functional groups attached to an aromatic ring is 1. The van der Waals surface area contributed by atoms with Gasteiger partial charge in [0.1, 0.15) is 0 Å². The quantitative estimate of drug-likeness (QED) is 0.591. The van der Waals surface area contributed by atoms with Gasteiger partial charge in [-0.25, -0.2) is 13.8 Å². The van der Waals surface area contributed by atoms with Crippen LogP contribution in [0.25, 0.3) is 0 Å². The van der Waals surface area contributed by atoms with E-state index in [0.29, 0.717) is 18.2 Å². The molecule has 2 aromatic rings. The van der Waals surface area contributed by atoms with E-state index in [9.17, 15) is 13.2 Å². The van der Waals surface area contributed by atoms with Crippen molar-refractivity contribution in [3.8, 4) is 11.6 Å². The average Bonchev–Trinajstić information content (AvgIpc) is 2.54. The summed E-state index contributed by atoms with van der Waals surface area (Å²) in [6, 6.07) is 3.72. The maximum Gasteiger partial charge on any atom is 0.219 e. The summed E-state index contributed by atoms with van der Waals surface area (Å²) in [5, 5.41) is 2.96. The third-order valence-electron chi connectivity index (χ3n) is 3.37. The number of ether oxygens (including phenoxy) is 1. The first kappa shape index (κ1) is 18.1. The Labute approximate surface area is 138 Å². The first-order chi connectivity index (χ1) is 11.4. The number of nitrogens with two attached hydrogens (primary N) is 1. The molecule has 0 aliphatic heterocycles. The van der Waals surface area contributed by atoms with Gasteiger partial charge in [0.25, 0.3) is 0 Å². The largest absolute Gasteiger partial charge is 0.433 e. The molecule has 7 heteroatoms. The Morgan fingerprint density at radius 2 is 1.96 bits per heavy atom. The van der Waals surface area contributed by atoms with Crippen molar-refractivity contribution in [3.63, 3.8) is 0 Å². The molecule has 1 aromatic heterocycles. The van der Waals surface area contributed by atoms with Crippen molar-refractivity contribution in [2.24, 2.45) is 5.92 Å². The lowest BCUT2D eigenvalue weighted by Gasteiger charge is -2.12. The molecule has 0 radical (unpaired) electrons. The summed E-state index contributed by atoms with van der Waals surface area (Å²) in [4.78, 5) is 3.77. The molecule has 0 atom stereocenters. The highest BCUT2D eigenvalue weighted by Crippen LogP contribution is 2.30. The summed E-state index contributed by atoms with van der Waals surface area (Å²) in [6.07, 6.45) is 2.16. The van der Waals surface area contributed by atoms with Gasteiger partial charge in [-0.2, -0.15) is 4.39 Å². The molecule has 0 saturated carbocycles. The Kier molecular flexibility index (Phi) is 6.03. The highest BCUT2D eigenvalue weighted by Gasteiger charge is 2.21. The molecule has 1 aromatic carbocycles. The number of hydrogen-bond acceptors (Lipinski definition) is 4. The molecule has 0 amide bonds. The van der Waals surface area contributed by atoms with E-state index < -0.39 is 23.2 Å². The third kappa shape index (κ3) is 4.61. The minimum atomic E-state index is -1.38. The van der Waals surface area contributed by atoms with E-state index in [1.54, 1.807) is 0 Å². The third-order valence-corrected chi connectivity index (χ3v) is 3.37. The number of halogens is 3. The van der Waals surface area contributed by atoms with Gasteiger partial charge in [0.15, 0.2) is 11.6 Å². The zero-order chi connectivity index (χ0) is 17.7. The second-order valence-electron chi connectivity index (χ2n) is 5.87. The van der Waals surface area contributed by atoms with Gasteiger partial charge in [-0.1, -0.05) is 13.8 Å². The number of nitrogens with zero attached hydrogens (tertiary/aromatic N) is 1. The van der Waals surface area contributed by atoms with E-state index in [2.05, 4.69) is 24.1 Å². The molecular formula is C17H20F3N3O. The van der Waals surface area contributed by atoms with Crippen LogP contribution >= 0.6 is 0 Å². The Hall–Kier alpha value is -2.28. The molecule has 0 saturated heterocycles. The molecule has 1 heterocycles. The molecule has 2 rings (SSSR count). The van der Waals surface area contributed by atoms with Gasteiger partial charge >= 0.3 is 0 Å². The maximum atomic E-state index is 14.1. The van der Waals surface area contributed by atoms with Crippen molar-refractivity contribution in [2.75, 3.05) is 12.3 Å². The van der Waals surface area contributed by atoms with Crippen LogP contribution in [-0.4, -0.2) is 11.5 Å². The zero-order valence-electron chi connectivity index (χ0n) is 13.6. The van der Waals surface area contributed by atoms with Gasteiger partial charge in [0.2, 0.25) is 17.4 Å². The van der Waals surface area contributed by atoms with Crippen molar-refractivity contribution in [1.29, 1.82) is 0 Å². The van der Waals surface area contributed by atoms with E-state index in [0.717, 1.165) is 12.5 Å². The lowest BCUT2D eigenvalue weighted by molar-refractivity contribution is 0.373. The number of anilines is 1. The van der Waals surface area contributed by atoms with Gasteiger partial charge in [-0.05, 0) is 31.0 Å². The van der Waals surface area contributed by atoms with Gasteiger partial charge in [-0.3, -0.25) is 0 Å². The van der Waals surface area contributed by atoms with Crippen molar-refractivity contribution < 1.29 is 17.9 Å². The first-order valence-electron chi connectivity index (χ1n) is 7.65. The summed E-state index contributed by atoms with van der Waals surface area (Å²) < 4.78 is 47.3. The normalized spacial score (nSPS) is 11.1. The van der Waals surface area contributed by atoms with Gasteiger partial charge in [0.05, 0.1) is 11.9 Å². The fourth-order valence-corrected chi connectivity index (χ4v) is 2.02. The molecule has 0 fully saturated rings. The van der Waals surface area contributed by atoms with Gasteiger partial charge in [0, 0.05) is 18.2 Å². The highest BCUT2D eigenvalue weighted by molar-refractivity contribution is 5.39. The molecule has 0 aliphatic rings. The number of hydrogen-bond donors (Lipinski definition) is 2. The Balaban J connectivity index is 2.13. The topological polar surface area (TPSA) is 60.2 Å². The minimum Gasteiger partial charge on any atom is -0.433 e. The van der Waals surface area contributed by atoms with Crippen LogP contribution in [0.1, 0.15) is 25.8 Å². The monoisotopic (exact) mass is 339 g/mol. The van der Waals surface area contributed by atoms with E-state index in [1.807, 2.05) is 0 Å². The summed E-state index contributed by atoms with van der Waals surface area (Å²) in [7, 11) is 0. The lowest BCUT2D eigenvalue weighted by atomic mass is 10.1. The predicted octanol–water partition coefficient (Wildman–Crippen LogP) is 4.01. The number of nitrogens with one attached hydrogen (secondary N) is 1. The maximum absolute atomic E-state index is 14.1. The molecule has 0 bridgehead atoms. The Bertz CT molecular complexity index is 690. The SMILES string of the molecule is CC(C)CCNCc1cc(F)c(Oc2ccc(N)cn2)c(F)c1F. The van der Waals surface area contributed by atoms with Crippen molar-refractivity contribution in [2.45, 2.75) is 26.8 Å². The summed E-state index contributed by atoms with van der Waals surface area (Å²) in [6.45, 7) is 4.78. The molecule has 4 nitrogen and oxygen atoms in total. The molecule has 0 aliphatic carbocycles. The second-order valence-corrected chi connectivity index (χ2v) is 5.87. The van der Waals surface area contributed by atoms with Crippen LogP contribution in [0.15, 0.2) is 24.4 Å². The molecule has 130 valence electrons. The number of rotatable bonds is 7.